The molecule has 6 heterocycles. The Kier molecular flexibility index (Phi) is 5.80. The van der Waals surface area contributed by atoms with Gasteiger partial charge in [-0.2, -0.15) is 5.10 Å². The minimum Gasteiger partial charge on any atom is -0.324 e. The first-order valence-corrected chi connectivity index (χ1v) is 13.1. The maximum Gasteiger partial charge on any atom is 0.229 e. The molecule has 0 bridgehead atoms. The van der Waals surface area contributed by atoms with Gasteiger partial charge in [0.2, 0.25) is 5.91 Å². The number of Topliss-reactive ketones (excluding diaryl/α,β-unsaturated/α-hetero) is 1. The van der Waals surface area contributed by atoms with Gasteiger partial charge < -0.3 is 10.3 Å². The molecule has 6 rings (SSSR count). The van der Waals surface area contributed by atoms with Crippen molar-refractivity contribution in [2.24, 2.45) is 5.41 Å². The zero-order chi connectivity index (χ0) is 27.3. The van der Waals surface area contributed by atoms with Gasteiger partial charge in [0.1, 0.15) is 11.2 Å². The van der Waals surface area contributed by atoms with Crippen LogP contribution >= 0.6 is 11.3 Å². The topological polar surface area (TPSA) is 142 Å². The monoisotopic (exact) mass is 536 g/mol. The number of hydrogen-bond donors (Lipinski definition) is 3. The second kappa shape index (κ2) is 9.21. The van der Waals surface area contributed by atoms with E-state index < -0.39 is 5.41 Å². The molecular weight excluding hydrogens is 512 g/mol. The lowest BCUT2D eigenvalue weighted by atomic mass is 9.95. The minimum atomic E-state index is -0.525. The van der Waals surface area contributed by atoms with Gasteiger partial charge in [-0.05, 0) is 37.3 Å². The standard InChI is InChI=1S/C28H24N8O2S/c1-14(37)20-5-6-21(39-20)18-7-8-30-25-22(18)33-26(34-25)23-19-10-16(12-31-24(19)36-35-23)15-9-17(13-29-11-15)32-27(38)28(2,3)4/h5-13H,1-4H3,(H,32,38)(H,30,33,34)(H,31,35,36). The van der Waals surface area contributed by atoms with E-state index in [0.29, 0.717) is 38.9 Å². The van der Waals surface area contributed by atoms with E-state index in [4.69, 9.17) is 4.98 Å². The third kappa shape index (κ3) is 4.57. The number of aromatic amines is 2. The van der Waals surface area contributed by atoms with Gasteiger partial charge in [0.15, 0.2) is 22.9 Å². The molecule has 0 saturated heterocycles. The van der Waals surface area contributed by atoms with Crippen LogP contribution in [0.4, 0.5) is 5.69 Å². The number of fused-ring (bicyclic) bond motifs is 2. The Morgan fingerprint density at radius 2 is 1.79 bits per heavy atom. The van der Waals surface area contributed by atoms with Gasteiger partial charge in [-0.3, -0.25) is 19.7 Å². The number of amides is 1. The van der Waals surface area contributed by atoms with E-state index in [1.807, 2.05) is 51.1 Å². The summed E-state index contributed by atoms with van der Waals surface area (Å²) in [6.07, 6.45) is 6.79. The van der Waals surface area contributed by atoms with Crippen molar-refractivity contribution >= 4 is 50.9 Å². The van der Waals surface area contributed by atoms with Crippen molar-refractivity contribution in [3.63, 3.8) is 0 Å². The van der Waals surface area contributed by atoms with Crippen LogP contribution in [-0.2, 0) is 4.79 Å². The summed E-state index contributed by atoms with van der Waals surface area (Å²) in [6.45, 7) is 7.14. The highest BCUT2D eigenvalue weighted by atomic mass is 32.1. The van der Waals surface area contributed by atoms with E-state index in [1.54, 1.807) is 31.7 Å². The average molecular weight is 537 g/mol. The average Bonchev–Trinajstić information content (AvgIpc) is 3.65. The Hall–Kier alpha value is -4.77. The second-order valence-corrected chi connectivity index (χ2v) is 11.3. The molecule has 10 nitrogen and oxygen atoms in total. The van der Waals surface area contributed by atoms with Crippen LogP contribution in [0.2, 0.25) is 0 Å². The highest BCUT2D eigenvalue weighted by Gasteiger charge is 2.22. The highest BCUT2D eigenvalue weighted by molar-refractivity contribution is 7.17. The van der Waals surface area contributed by atoms with E-state index in [-0.39, 0.29) is 11.7 Å². The van der Waals surface area contributed by atoms with Crippen molar-refractivity contribution in [2.45, 2.75) is 27.7 Å². The maximum absolute atomic E-state index is 12.4. The van der Waals surface area contributed by atoms with Crippen molar-refractivity contribution in [1.82, 2.24) is 35.1 Å². The number of nitrogens with zero attached hydrogens (tertiary/aromatic N) is 5. The summed E-state index contributed by atoms with van der Waals surface area (Å²) in [5.74, 6) is 0.482. The molecule has 0 unspecified atom stereocenters. The number of imidazole rings is 1. The number of carbonyl (C=O) groups is 2. The van der Waals surface area contributed by atoms with Crippen LogP contribution in [0, 0.1) is 5.41 Å². The molecule has 0 radical (unpaired) electrons. The Labute approximate surface area is 227 Å². The first kappa shape index (κ1) is 24.6. The van der Waals surface area contributed by atoms with Crippen LogP contribution in [0.5, 0.6) is 0 Å². The van der Waals surface area contributed by atoms with E-state index in [1.165, 1.54) is 11.3 Å². The third-order valence-electron chi connectivity index (χ3n) is 6.25. The molecule has 39 heavy (non-hydrogen) atoms. The van der Waals surface area contributed by atoms with Crippen molar-refractivity contribution in [1.29, 1.82) is 0 Å². The zero-order valence-corrected chi connectivity index (χ0v) is 22.5. The number of carbonyl (C=O) groups excluding carboxylic acids is 2. The number of pyridine rings is 3. The maximum atomic E-state index is 12.4. The van der Waals surface area contributed by atoms with E-state index in [2.05, 4.69) is 35.5 Å². The lowest BCUT2D eigenvalue weighted by Crippen LogP contribution is -2.27. The van der Waals surface area contributed by atoms with Crippen molar-refractivity contribution in [2.75, 3.05) is 5.32 Å². The van der Waals surface area contributed by atoms with Gasteiger partial charge in [-0.1, -0.05) is 20.8 Å². The van der Waals surface area contributed by atoms with Crippen LogP contribution in [0.15, 0.2) is 55.1 Å². The van der Waals surface area contributed by atoms with Crippen LogP contribution in [0.3, 0.4) is 0 Å². The SMILES string of the molecule is CC(=O)c1ccc(-c2ccnc3[nH]c(-c4n[nH]c5ncc(-c6cncc(NC(=O)C(C)(C)C)c6)cc45)nc23)s1. The summed E-state index contributed by atoms with van der Waals surface area (Å²) in [7, 11) is 0. The number of H-pyrrole nitrogens is 2. The highest BCUT2D eigenvalue weighted by Crippen LogP contribution is 2.35. The van der Waals surface area contributed by atoms with Crippen LogP contribution in [0.25, 0.3) is 55.3 Å². The third-order valence-corrected chi connectivity index (χ3v) is 7.47. The summed E-state index contributed by atoms with van der Waals surface area (Å²) in [5.41, 5.74) is 5.11. The van der Waals surface area contributed by atoms with Crippen molar-refractivity contribution in [3.05, 3.63) is 60.0 Å². The molecule has 0 saturated carbocycles. The van der Waals surface area contributed by atoms with Crippen molar-refractivity contribution < 1.29 is 9.59 Å². The van der Waals surface area contributed by atoms with E-state index in [0.717, 1.165) is 27.0 Å². The van der Waals surface area contributed by atoms with Crippen LogP contribution in [-0.4, -0.2) is 46.8 Å². The molecule has 0 aliphatic carbocycles. The molecule has 194 valence electrons. The molecule has 1 amide bonds. The molecule has 0 atom stereocenters. The molecule has 0 fully saturated rings. The number of ketones is 1. The summed E-state index contributed by atoms with van der Waals surface area (Å²) in [5, 5.41) is 11.2. The van der Waals surface area contributed by atoms with Gasteiger partial charge in [0, 0.05) is 45.6 Å². The lowest BCUT2D eigenvalue weighted by Gasteiger charge is -2.17. The number of anilines is 1. The number of aromatic nitrogens is 7. The predicted octanol–water partition coefficient (Wildman–Crippen LogP) is 5.87. The van der Waals surface area contributed by atoms with Gasteiger partial charge >= 0.3 is 0 Å². The molecule has 11 heteroatoms. The second-order valence-electron chi connectivity index (χ2n) is 10.2. The van der Waals surface area contributed by atoms with Crippen molar-refractivity contribution in [3.8, 4) is 33.1 Å². The normalized spacial score (nSPS) is 11.8. The lowest BCUT2D eigenvalue weighted by molar-refractivity contribution is -0.123. The largest absolute Gasteiger partial charge is 0.324 e. The summed E-state index contributed by atoms with van der Waals surface area (Å²) in [6, 6.07) is 9.48. The Morgan fingerprint density at radius 1 is 0.974 bits per heavy atom. The molecule has 0 aromatic carbocycles. The van der Waals surface area contributed by atoms with E-state index in [9.17, 15) is 9.59 Å². The van der Waals surface area contributed by atoms with Crippen LogP contribution < -0.4 is 5.32 Å². The summed E-state index contributed by atoms with van der Waals surface area (Å²) >= 11 is 1.43. The fourth-order valence-electron chi connectivity index (χ4n) is 4.12. The Morgan fingerprint density at radius 3 is 2.56 bits per heavy atom. The predicted molar refractivity (Wildman–Crippen MR) is 151 cm³/mol. The molecule has 6 aromatic heterocycles. The number of rotatable bonds is 5. The zero-order valence-electron chi connectivity index (χ0n) is 21.7. The Bertz CT molecular complexity index is 1890. The van der Waals surface area contributed by atoms with Gasteiger partial charge in [0.05, 0.1) is 22.1 Å². The quantitative estimate of drug-likeness (QED) is 0.234. The smallest absolute Gasteiger partial charge is 0.229 e. The van der Waals surface area contributed by atoms with E-state index >= 15 is 0 Å². The fourth-order valence-corrected chi connectivity index (χ4v) is 5.05. The molecule has 0 aliphatic heterocycles. The first-order valence-electron chi connectivity index (χ1n) is 12.2. The van der Waals surface area contributed by atoms with Gasteiger partial charge in [-0.15, -0.1) is 11.3 Å². The first-order chi connectivity index (χ1) is 18.7. The van der Waals surface area contributed by atoms with Crippen LogP contribution in [0.1, 0.15) is 37.4 Å². The number of hydrogen-bond acceptors (Lipinski definition) is 8. The molecule has 0 aliphatic rings. The molecular formula is C28H24N8O2S. The summed E-state index contributed by atoms with van der Waals surface area (Å²) < 4.78 is 0. The fraction of sp³-hybridized carbons (Fsp3) is 0.179. The van der Waals surface area contributed by atoms with Gasteiger partial charge in [0.25, 0.3) is 0 Å². The minimum absolute atomic E-state index is 0.0304. The molecule has 0 spiro atoms. The summed E-state index contributed by atoms with van der Waals surface area (Å²) in [4.78, 5) is 47.3. The number of nitrogens with one attached hydrogen (secondary N) is 3. The number of thiophene rings is 1. The van der Waals surface area contributed by atoms with Gasteiger partial charge in [-0.25, -0.2) is 15.0 Å². The Balaban J connectivity index is 1.39. The molecule has 3 N–H and O–H groups in total. The molecule has 6 aromatic rings.